The molecule has 0 unspecified atom stereocenters. The molecular weight excluding hydrogens is 600 g/mol. The van der Waals surface area contributed by atoms with E-state index in [0.717, 1.165) is 19.3 Å². The Morgan fingerprint density at radius 3 is 1.50 bits per heavy atom. The molecule has 12 nitrogen and oxygen atoms in total. The Bertz CT molecular complexity index is 785. The second-order valence-corrected chi connectivity index (χ2v) is 13.1. The maximum Gasteiger partial charge on any atom is 0.306 e. The zero-order valence-electron chi connectivity index (χ0n) is 28.1. The molecule has 0 bridgehead atoms. The normalized spacial score (nSPS) is 31.4. The Kier molecular flexibility index (Phi) is 21.0. The number of carbonyl (C=O) groups is 1. The third kappa shape index (κ3) is 13.5. The SMILES string of the molecule is CCCCCCCCCCCCCCCCCCCCCC(=O)O[C@H]1[C@H](O)[C@@H](CO)O[C@@]1(CO)O[C@H]1O[C@H](CO)[C@@H](O)[C@H](O)[C@H]1O. The van der Waals surface area contributed by atoms with Crippen LogP contribution in [0.1, 0.15) is 135 Å². The van der Waals surface area contributed by atoms with Crippen LogP contribution in [0.3, 0.4) is 0 Å². The van der Waals surface area contributed by atoms with E-state index >= 15 is 0 Å². The van der Waals surface area contributed by atoms with Crippen LogP contribution >= 0.6 is 0 Å². The van der Waals surface area contributed by atoms with E-state index in [1.165, 1.54) is 96.3 Å². The lowest BCUT2D eigenvalue weighted by molar-refractivity contribution is -0.383. The first-order valence-corrected chi connectivity index (χ1v) is 18.0. The van der Waals surface area contributed by atoms with Gasteiger partial charge in [-0.25, -0.2) is 0 Å². The van der Waals surface area contributed by atoms with Crippen molar-refractivity contribution < 1.29 is 59.5 Å². The minimum atomic E-state index is -2.25. The zero-order valence-corrected chi connectivity index (χ0v) is 28.1. The highest BCUT2D eigenvalue weighted by atomic mass is 16.8. The average Bonchev–Trinajstić information content (AvgIpc) is 3.32. The molecule has 2 aliphatic rings. The van der Waals surface area contributed by atoms with Gasteiger partial charge in [0, 0.05) is 6.42 Å². The van der Waals surface area contributed by atoms with Crippen molar-refractivity contribution >= 4 is 5.97 Å². The second-order valence-electron chi connectivity index (χ2n) is 13.1. The van der Waals surface area contributed by atoms with Crippen LogP contribution in [-0.2, 0) is 23.7 Å². The molecule has 0 aromatic rings. The number of aliphatic hydroxyl groups excluding tert-OH is 7. The Hall–Kier alpha value is -0.930. The number of ether oxygens (including phenoxy) is 4. The fraction of sp³-hybridized carbons (Fsp3) is 0.971. The maximum absolute atomic E-state index is 12.7. The third-order valence-electron chi connectivity index (χ3n) is 9.28. The Labute approximate surface area is 275 Å². The summed E-state index contributed by atoms with van der Waals surface area (Å²) >= 11 is 0. The number of esters is 1. The Morgan fingerprint density at radius 2 is 1.07 bits per heavy atom. The molecule has 46 heavy (non-hydrogen) atoms. The summed E-state index contributed by atoms with van der Waals surface area (Å²) in [6.07, 6.45) is 10.9. The summed E-state index contributed by atoms with van der Waals surface area (Å²) in [5, 5.41) is 70.5. The van der Waals surface area contributed by atoms with Gasteiger partial charge in [-0.2, -0.15) is 0 Å². The lowest BCUT2D eigenvalue weighted by atomic mass is 9.99. The van der Waals surface area contributed by atoms with Gasteiger partial charge in [0.2, 0.25) is 5.79 Å². The molecule has 2 heterocycles. The first kappa shape index (κ1) is 41.2. The molecule has 9 atom stereocenters. The monoisotopic (exact) mass is 664 g/mol. The molecule has 0 radical (unpaired) electrons. The van der Waals surface area contributed by atoms with Crippen LogP contribution in [0, 0.1) is 0 Å². The molecular formula is C34H64O12. The third-order valence-corrected chi connectivity index (χ3v) is 9.28. The van der Waals surface area contributed by atoms with Gasteiger partial charge in [0.15, 0.2) is 12.4 Å². The predicted molar refractivity (Wildman–Crippen MR) is 171 cm³/mol. The van der Waals surface area contributed by atoms with Crippen molar-refractivity contribution in [3.8, 4) is 0 Å². The van der Waals surface area contributed by atoms with Gasteiger partial charge in [-0.05, 0) is 6.42 Å². The van der Waals surface area contributed by atoms with Gasteiger partial charge in [0.1, 0.15) is 43.2 Å². The van der Waals surface area contributed by atoms with Crippen LogP contribution in [-0.4, -0.2) is 116 Å². The van der Waals surface area contributed by atoms with E-state index in [1.807, 2.05) is 0 Å². The highest BCUT2D eigenvalue weighted by Gasteiger charge is 2.60. The smallest absolute Gasteiger partial charge is 0.306 e. The van der Waals surface area contributed by atoms with Gasteiger partial charge in [0.25, 0.3) is 0 Å². The van der Waals surface area contributed by atoms with Crippen molar-refractivity contribution in [2.45, 2.75) is 190 Å². The molecule has 2 aliphatic heterocycles. The van der Waals surface area contributed by atoms with E-state index in [0.29, 0.717) is 6.42 Å². The number of hydrogen-bond acceptors (Lipinski definition) is 12. The van der Waals surface area contributed by atoms with Gasteiger partial charge >= 0.3 is 5.97 Å². The number of rotatable bonds is 26. The van der Waals surface area contributed by atoms with Crippen LogP contribution in [0.25, 0.3) is 0 Å². The first-order valence-electron chi connectivity index (χ1n) is 18.0. The fourth-order valence-corrected chi connectivity index (χ4v) is 6.32. The minimum Gasteiger partial charge on any atom is -0.454 e. The summed E-state index contributed by atoms with van der Waals surface area (Å²) in [6.45, 7) is -0.105. The van der Waals surface area contributed by atoms with Gasteiger partial charge in [-0.1, -0.05) is 122 Å². The molecule has 0 spiro atoms. The second kappa shape index (κ2) is 23.4. The summed E-state index contributed by atoms with van der Waals surface area (Å²) in [5.41, 5.74) is 0. The van der Waals surface area contributed by atoms with E-state index in [-0.39, 0.29) is 6.42 Å². The minimum absolute atomic E-state index is 0.0629. The quantitative estimate of drug-likeness (QED) is 0.0529. The summed E-state index contributed by atoms with van der Waals surface area (Å²) in [5.74, 6) is -2.91. The summed E-state index contributed by atoms with van der Waals surface area (Å²) in [7, 11) is 0. The summed E-state index contributed by atoms with van der Waals surface area (Å²) < 4.78 is 22.0. The molecule has 0 aromatic carbocycles. The van der Waals surface area contributed by atoms with Gasteiger partial charge in [0.05, 0.1) is 13.2 Å². The van der Waals surface area contributed by atoms with Gasteiger partial charge < -0.3 is 54.7 Å². The van der Waals surface area contributed by atoms with Crippen molar-refractivity contribution in [3.05, 3.63) is 0 Å². The van der Waals surface area contributed by atoms with Crippen molar-refractivity contribution in [2.75, 3.05) is 19.8 Å². The molecule has 0 saturated carbocycles. The largest absolute Gasteiger partial charge is 0.454 e. The average molecular weight is 665 g/mol. The van der Waals surface area contributed by atoms with Crippen molar-refractivity contribution in [3.63, 3.8) is 0 Å². The summed E-state index contributed by atoms with van der Waals surface area (Å²) in [6, 6.07) is 0. The number of carbonyl (C=O) groups excluding carboxylic acids is 1. The fourth-order valence-electron chi connectivity index (χ4n) is 6.32. The Balaban J connectivity index is 1.61. The van der Waals surface area contributed by atoms with Crippen LogP contribution in [0.15, 0.2) is 0 Å². The van der Waals surface area contributed by atoms with Gasteiger partial charge in [-0.15, -0.1) is 0 Å². The van der Waals surface area contributed by atoms with Crippen LogP contribution in [0.4, 0.5) is 0 Å². The van der Waals surface area contributed by atoms with E-state index < -0.39 is 80.6 Å². The topological polar surface area (TPSA) is 196 Å². The van der Waals surface area contributed by atoms with Crippen LogP contribution in [0.5, 0.6) is 0 Å². The van der Waals surface area contributed by atoms with Crippen molar-refractivity contribution in [1.29, 1.82) is 0 Å². The molecule has 2 fully saturated rings. The molecule has 12 heteroatoms. The summed E-state index contributed by atoms with van der Waals surface area (Å²) in [4.78, 5) is 12.7. The first-order chi connectivity index (χ1) is 22.2. The highest BCUT2D eigenvalue weighted by molar-refractivity contribution is 5.69. The van der Waals surface area contributed by atoms with E-state index in [2.05, 4.69) is 6.92 Å². The maximum atomic E-state index is 12.7. The predicted octanol–water partition coefficient (Wildman–Crippen LogP) is 2.98. The number of unbranched alkanes of at least 4 members (excludes halogenated alkanes) is 18. The standard InChI is InChI=1S/C34H64O12/c1-2-3-4-5-6-7-8-9-10-11-12-13-14-15-16-17-18-19-20-21-27(38)44-32-29(40)26(23-36)45-34(32,24-37)46-33-31(42)30(41)28(39)25(22-35)43-33/h25-26,28-33,35-37,39-42H,2-24H2,1H3/t25-,26-,28-,29-,30+,31-,32+,33-,34+/m1/s1. The Morgan fingerprint density at radius 1 is 0.609 bits per heavy atom. The van der Waals surface area contributed by atoms with Crippen LogP contribution < -0.4 is 0 Å². The molecule has 2 saturated heterocycles. The number of hydrogen-bond donors (Lipinski definition) is 7. The van der Waals surface area contributed by atoms with Crippen LogP contribution in [0.2, 0.25) is 0 Å². The molecule has 0 aliphatic carbocycles. The molecule has 7 N–H and O–H groups in total. The molecule has 2 rings (SSSR count). The van der Waals surface area contributed by atoms with Crippen molar-refractivity contribution in [1.82, 2.24) is 0 Å². The van der Waals surface area contributed by atoms with E-state index in [9.17, 15) is 40.5 Å². The van der Waals surface area contributed by atoms with Gasteiger partial charge in [-0.3, -0.25) is 4.79 Å². The van der Waals surface area contributed by atoms with E-state index in [1.54, 1.807) is 0 Å². The lowest BCUT2D eigenvalue weighted by Crippen LogP contribution is -2.63. The van der Waals surface area contributed by atoms with E-state index in [4.69, 9.17) is 18.9 Å². The van der Waals surface area contributed by atoms with Crippen molar-refractivity contribution in [2.24, 2.45) is 0 Å². The zero-order chi connectivity index (χ0) is 33.8. The molecule has 272 valence electrons. The number of aliphatic hydroxyl groups is 7. The highest BCUT2D eigenvalue weighted by Crippen LogP contribution is 2.38. The molecule has 0 aromatic heterocycles. The molecule has 0 amide bonds. The lowest BCUT2D eigenvalue weighted by Gasteiger charge is -2.43.